The zero-order valence-electron chi connectivity index (χ0n) is 14.8. The molecule has 2 aliphatic carbocycles. The molecule has 0 saturated heterocycles. The Morgan fingerprint density at radius 3 is 2.76 bits per heavy atom. The van der Waals surface area contributed by atoms with Crippen LogP contribution >= 0.6 is 0 Å². The van der Waals surface area contributed by atoms with Gasteiger partial charge in [0.15, 0.2) is 5.78 Å². The molecule has 1 aromatic heterocycles. The molecule has 1 saturated carbocycles. The van der Waals surface area contributed by atoms with Gasteiger partial charge in [-0.15, -0.1) is 0 Å². The summed E-state index contributed by atoms with van der Waals surface area (Å²) in [5.41, 5.74) is 8.63. The van der Waals surface area contributed by atoms with Crippen LogP contribution in [0, 0.1) is 16.7 Å². The number of carbonyl (C=O) groups is 1. The first kappa shape index (κ1) is 15.9. The van der Waals surface area contributed by atoms with Crippen LogP contribution in [-0.4, -0.2) is 15.6 Å². The molecule has 2 N–H and O–H groups in total. The third-order valence-corrected chi connectivity index (χ3v) is 5.30. The predicted molar refractivity (Wildman–Crippen MR) is 90.9 cm³/mol. The number of nitriles is 1. The van der Waals surface area contributed by atoms with E-state index in [-0.39, 0.29) is 17.1 Å². The molecule has 1 aliphatic heterocycles. The van der Waals surface area contributed by atoms with Gasteiger partial charge < -0.3 is 10.5 Å². The van der Waals surface area contributed by atoms with E-state index in [4.69, 9.17) is 10.5 Å². The second kappa shape index (κ2) is 5.22. The summed E-state index contributed by atoms with van der Waals surface area (Å²) in [6.07, 6.45) is 3.37. The predicted octanol–water partition coefficient (Wildman–Crippen LogP) is 2.75. The van der Waals surface area contributed by atoms with Gasteiger partial charge in [0.2, 0.25) is 5.88 Å². The van der Waals surface area contributed by atoms with Gasteiger partial charge in [-0.25, -0.2) is 0 Å². The van der Waals surface area contributed by atoms with Crippen molar-refractivity contribution in [3.05, 3.63) is 40.2 Å². The van der Waals surface area contributed by atoms with Crippen molar-refractivity contribution in [2.75, 3.05) is 0 Å². The molecule has 25 heavy (non-hydrogen) atoms. The molecule has 0 amide bonds. The molecule has 0 bridgehead atoms. The maximum atomic E-state index is 12.9. The van der Waals surface area contributed by atoms with E-state index in [1.807, 2.05) is 27.0 Å². The Morgan fingerprint density at radius 1 is 1.40 bits per heavy atom. The first-order valence-electron chi connectivity index (χ1n) is 8.68. The molecule has 1 fully saturated rings. The van der Waals surface area contributed by atoms with Crippen molar-refractivity contribution < 1.29 is 9.53 Å². The summed E-state index contributed by atoms with van der Waals surface area (Å²) in [6.45, 7) is 4.09. The SMILES string of the molecule is Cn1nc(C2CC2)cc1C1C(C#N)=C(N)OC2=C1C(=O)CC(C)(C)C2. The number of hydrogen-bond donors (Lipinski definition) is 1. The number of Topliss-reactive ketones (excluding diaryl/α,β-unsaturated/α-hetero) is 1. The second-order valence-electron chi connectivity index (χ2n) is 8.09. The lowest BCUT2D eigenvalue weighted by Crippen LogP contribution is -2.34. The number of aromatic nitrogens is 2. The number of ether oxygens (including phenoxy) is 1. The van der Waals surface area contributed by atoms with Gasteiger partial charge >= 0.3 is 0 Å². The van der Waals surface area contributed by atoms with Crippen LogP contribution in [0.3, 0.4) is 0 Å². The van der Waals surface area contributed by atoms with Crippen molar-refractivity contribution >= 4 is 5.78 Å². The summed E-state index contributed by atoms with van der Waals surface area (Å²) in [5.74, 6) is 0.761. The molecule has 4 rings (SSSR count). The van der Waals surface area contributed by atoms with E-state index < -0.39 is 5.92 Å². The molecule has 130 valence electrons. The maximum Gasteiger partial charge on any atom is 0.205 e. The fourth-order valence-corrected chi connectivity index (χ4v) is 3.93. The zero-order valence-corrected chi connectivity index (χ0v) is 14.8. The Morgan fingerprint density at radius 2 is 2.12 bits per heavy atom. The standard InChI is InChI=1S/C19H22N4O2/c1-19(2)7-14(24)17-15(8-19)25-18(21)11(9-20)16(17)13-6-12(10-4-5-10)22-23(13)3/h6,10,16H,4-5,7-8,21H2,1-3H3. The second-order valence-corrected chi connectivity index (χ2v) is 8.09. The molecule has 0 radical (unpaired) electrons. The van der Waals surface area contributed by atoms with Crippen LogP contribution < -0.4 is 5.73 Å². The Balaban J connectivity index is 1.87. The molecule has 1 atom stereocenters. The van der Waals surface area contributed by atoms with Crippen molar-refractivity contribution in [2.45, 2.75) is 51.4 Å². The molecule has 1 unspecified atom stereocenters. The third-order valence-electron chi connectivity index (χ3n) is 5.30. The van der Waals surface area contributed by atoms with E-state index in [0.717, 1.165) is 24.2 Å². The first-order valence-corrected chi connectivity index (χ1v) is 8.68. The lowest BCUT2D eigenvalue weighted by atomic mass is 9.71. The number of nitrogens with zero attached hydrogens (tertiary/aromatic N) is 3. The number of ketones is 1. The van der Waals surface area contributed by atoms with Crippen LogP contribution in [0.2, 0.25) is 0 Å². The monoisotopic (exact) mass is 338 g/mol. The average Bonchev–Trinajstić information content (AvgIpc) is 3.28. The first-order chi connectivity index (χ1) is 11.8. The summed E-state index contributed by atoms with van der Waals surface area (Å²) in [5, 5.41) is 14.3. The largest absolute Gasteiger partial charge is 0.444 e. The van der Waals surface area contributed by atoms with E-state index >= 15 is 0 Å². The number of carbonyl (C=O) groups excluding carboxylic acids is 1. The molecule has 6 heteroatoms. The van der Waals surface area contributed by atoms with Gasteiger partial charge in [0.25, 0.3) is 0 Å². The highest BCUT2D eigenvalue weighted by molar-refractivity contribution is 5.99. The lowest BCUT2D eigenvalue weighted by Gasteiger charge is -2.37. The number of aryl methyl sites for hydroxylation is 1. The summed E-state index contributed by atoms with van der Waals surface area (Å²) >= 11 is 0. The Kier molecular flexibility index (Phi) is 3.33. The van der Waals surface area contributed by atoms with Crippen LogP contribution in [0.25, 0.3) is 0 Å². The average molecular weight is 338 g/mol. The number of rotatable bonds is 2. The van der Waals surface area contributed by atoms with Gasteiger partial charge in [-0.05, 0) is 24.3 Å². The minimum Gasteiger partial charge on any atom is -0.444 e. The summed E-state index contributed by atoms with van der Waals surface area (Å²) in [7, 11) is 1.86. The molecule has 0 spiro atoms. The van der Waals surface area contributed by atoms with Crippen LogP contribution in [0.4, 0.5) is 0 Å². The molecule has 6 nitrogen and oxygen atoms in total. The van der Waals surface area contributed by atoms with Crippen LogP contribution in [0.15, 0.2) is 28.9 Å². The molecule has 3 aliphatic rings. The van der Waals surface area contributed by atoms with Gasteiger partial charge in [-0.3, -0.25) is 9.48 Å². The van der Waals surface area contributed by atoms with Crippen molar-refractivity contribution in [1.29, 1.82) is 5.26 Å². The molecule has 1 aromatic rings. The summed E-state index contributed by atoms with van der Waals surface area (Å²) in [4.78, 5) is 12.9. The highest BCUT2D eigenvalue weighted by Gasteiger charge is 2.44. The highest BCUT2D eigenvalue weighted by Crippen LogP contribution is 2.48. The molecular weight excluding hydrogens is 316 g/mol. The van der Waals surface area contributed by atoms with E-state index in [2.05, 4.69) is 11.2 Å². The molecular formula is C19H22N4O2. The third kappa shape index (κ3) is 2.55. The Labute approximate surface area is 146 Å². The Bertz CT molecular complexity index is 878. The molecule has 2 heterocycles. The van der Waals surface area contributed by atoms with Gasteiger partial charge in [0.1, 0.15) is 17.4 Å². The van der Waals surface area contributed by atoms with E-state index in [0.29, 0.717) is 35.7 Å². The summed E-state index contributed by atoms with van der Waals surface area (Å²) in [6, 6.07) is 4.18. The van der Waals surface area contributed by atoms with E-state index in [9.17, 15) is 10.1 Å². The lowest BCUT2D eigenvalue weighted by molar-refractivity contribution is -0.119. The number of hydrogen-bond acceptors (Lipinski definition) is 5. The van der Waals surface area contributed by atoms with Gasteiger partial charge in [0, 0.05) is 31.4 Å². The minimum absolute atomic E-state index is 0.0330. The normalized spacial score (nSPS) is 25.5. The fourth-order valence-electron chi connectivity index (χ4n) is 3.93. The quantitative estimate of drug-likeness (QED) is 0.895. The smallest absolute Gasteiger partial charge is 0.205 e. The number of nitrogens with two attached hydrogens (primary N) is 1. The van der Waals surface area contributed by atoms with E-state index in [1.165, 1.54) is 0 Å². The van der Waals surface area contributed by atoms with Crippen molar-refractivity contribution in [3.8, 4) is 6.07 Å². The minimum atomic E-state index is -0.484. The van der Waals surface area contributed by atoms with Crippen molar-refractivity contribution in [2.24, 2.45) is 18.2 Å². The van der Waals surface area contributed by atoms with Gasteiger partial charge in [-0.2, -0.15) is 10.4 Å². The van der Waals surface area contributed by atoms with Crippen molar-refractivity contribution in [1.82, 2.24) is 9.78 Å². The Hall–Kier alpha value is -2.55. The van der Waals surface area contributed by atoms with Crippen LogP contribution in [-0.2, 0) is 16.6 Å². The summed E-state index contributed by atoms with van der Waals surface area (Å²) < 4.78 is 7.51. The van der Waals surface area contributed by atoms with E-state index in [1.54, 1.807) is 4.68 Å². The van der Waals surface area contributed by atoms with Gasteiger partial charge in [0.05, 0.1) is 17.3 Å². The number of allylic oxidation sites excluding steroid dienone is 3. The fraction of sp³-hybridized carbons (Fsp3) is 0.526. The topological polar surface area (TPSA) is 93.9 Å². The highest BCUT2D eigenvalue weighted by atomic mass is 16.5. The van der Waals surface area contributed by atoms with Gasteiger partial charge in [-0.1, -0.05) is 13.8 Å². The van der Waals surface area contributed by atoms with Crippen LogP contribution in [0.5, 0.6) is 0 Å². The van der Waals surface area contributed by atoms with Crippen molar-refractivity contribution in [3.63, 3.8) is 0 Å². The van der Waals surface area contributed by atoms with Crippen LogP contribution in [0.1, 0.15) is 62.8 Å². The molecule has 0 aromatic carbocycles. The maximum absolute atomic E-state index is 12.9. The zero-order chi connectivity index (χ0) is 17.9.